The van der Waals surface area contributed by atoms with E-state index in [1.807, 2.05) is 32.9 Å². The predicted molar refractivity (Wildman–Crippen MR) is 136 cm³/mol. The summed E-state index contributed by atoms with van der Waals surface area (Å²) in [6.45, 7) is 23.0. The zero-order valence-electron chi connectivity index (χ0n) is 21.9. The van der Waals surface area contributed by atoms with Crippen LogP contribution in [0.25, 0.3) is 0 Å². The second-order valence-corrected chi connectivity index (χ2v) is 11.1. The van der Waals surface area contributed by atoms with Crippen LogP contribution in [0.1, 0.15) is 100.0 Å². The number of rotatable bonds is 7. The number of benzene rings is 1. The monoisotopic (exact) mass is 428 g/mol. The lowest BCUT2D eigenvalue weighted by molar-refractivity contribution is -0.0502. The van der Waals surface area contributed by atoms with Crippen molar-refractivity contribution in [3.8, 4) is 5.75 Å². The molecule has 3 atom stereocenters. The summed E-state index contributed by atoms with van der Waals surface area (Å²) < 4.78 is 12.1. The molecule has 1 aliphatic carbocycles. The average molecular weight is 429 g/mol. The van der Waals surface area contributed by atoms with Crippen molar-refractivity contribution in [3.63, 3.8) is 0 Å². The third-order valence-electron chi connectivity index (χ3n) is 5.71. The van der Waals surface area contributed by atoms with Gasteiger partial charge in [0.15, 0.2) is 0 Å². The van der Waals surface area contributed by atoms with Gasteiger partial charge in [0.2, 0.25) is 6.29 Å². The van der Waals surface area contributed by atoms with Gasteiger partial charge in [0, 0.05) is 6.61 Å². The number of hydrogen-bond acceptors (Lipinski definition) is 2. The zero-order chi connectivity index (χ0) is 23.7. The van der Waals surface area contributed by atoms with Gasteiger partial charge < -0.3 is 9.47 Å². The first-order chi connectivity index (χ1) is 14.4. The van der Waals surface area contributed by atoms with E-state index in [1.54, 1.807) is 0 Å². The summed E-state index contributed by atoms with van der Waals surface area (Å²) in [5.41, 5.74) is 3.22. The van der Waals surface area contributed by atoms with Crippen molar-refractivity contribution < 1.29 is 9.47 Å². The van der Waals surface area contributed by atoms with Crippen molar-refractivity contribution in [3.05, 3.63) is 53.6 Å². The van der Waals surface area contributed by atoms with Gasteiger partial charge in [0.25, 0.3) is 0 Å². The van der Waals surface area contributed by atoms with Crippen LogP contribution in [-0.4, -0.2) is 12.9 Å². The number of hydrogen-bond donors (Lipinski definition) is 0. The van der Waals surface area contributed by atoms with Crippen molar-refractivity contribution in [2.75, 3.05) is 6.61 Å². The van der Waals surface area contributed by atoms with E-state index in [9.17, 15) is 0 Å². The first-order valence-corrected chi connectivity index (χ1v) is 12.1. The molecule has 0 N–H and O–H groups in total. The van der Waals surface area contributed by atoms with Crippen LogP contribution >= 0.6 is 0 Å². The quantitative estimate of drug-likeness (QED) is 0.319. The highest BCUT2D eigenvalue weighted by atomic mass is 16.7. The van der Waals surface area contributed by atoms with Gasteiger partial charge in [-0.2, -0.15) is 0 Å². The molecule has 2 nitrogen and oxygen atoms in total. The Kier molecular flexibility index (Phi) is 11.1. The van der Waals surface area contributed by atoms with Gasteiger partial charge in [-0.1, -0.05) is 78.8 Å². The molecule has 0 saturated heterocycles. The van der Waals surface area contributed by atoms with Crippen molar-refractivity contribution in [1.29, 1.82) is 0 Å². The summed E-state index contributed by atoms with van der Waals surface area (Å²) in [6, 6.07) is 8.71. The summed E-state index contributed by atoms with van der Waals surface area (Å²) >= 11 is 0. The lowest BCUT2D eigenvalue weighted by Crippen LogP contribution is -2.24. The van der Waals surface area contributed by atoms with Crippen LogP contribution in [0.3, 0.4) is 0 Å². The molecule has 3 unspecified atom stereocenters. The molecule has 0 spiro atoms. The van der Waals surface area contributed by atoms with Gasteiger partial charge in [0.1, 0.15) is 5.75 Å². The molecule has 1 aliphatic rings. The van der Waals surface area contributed by atoms with Gasteiger partial charge in [0.05, 0.1) is 0 Å². The predicted octanol–water partition coefficient (Wildman–Crippen LogP) is 8.93. The van der Waals surface area contributed by atoms with Gasteiger partial charge in [-0.05, 0) is 86.0 Å². The van der Waals surface area contributed by atoms with Crippen molar-refractivity contribution in [2.45, 2.75) is 101 Å². The Balaban J connectivity index is 0.00000110. The molecule has 0 saturated carbocycles. The highest BCUT2D eigenvalue weighted by molar-refractivity contribution is 5.31. The SMILES string of the molecule is C/C=C\C.CCOC(Oc1ccc(C(CC(C)(C)C)C(C)(C)C)cc1)C1=CCC(C)C1. The zero-order valence-corrected chi connectivity index (χ0v) is 21.9. The number of allylic oxidation sites excluding steroid dienone is 3. The van der Waals surface area contributed by atoms with E-state index in [0.717, 1.165) is 18.6 Å². The molecule has 0 radical (unpaired) electrons. The minimum absolute atomic E-state index is 0.230. The fraction of sp³-hybridized carbons (Fsp3) is 0.655. The summed E-state index contributed by atoms with van der Waals surface area (Å²) in [4.78, 5) is 0. The lowest BCUT2D eigenvalue weighted by Gasteiger charge is -2.36. The third-order valence-corrected chi connectivity index (χ3v) is 5.71. The van der Waals surface area contributed by atoms with E-state index in [-0.39, 0.29) is 11.7 Å². The minimum Gasteiger partial charge on any atom is -0.461 e. The first-order valence-electron chi connectivity index (χ1n) is 12.1. The summed E-state index contributed by atoms with van der Waals surface area (Å²) in [5.74, 6) is 2.10. The smallest absolute Gasteiger partial charge is 0.222 e. The standard InChI is InChI=1S/C25H40O2.C4H8/c1-9-26-23(20-11-10-18(2)16-20)27-21-14-12-19(13-15-21)22(25(6,7)8)17-24(3,4)5;1-3-4-2/h11-15,18,22-23H,9-10,16-17H2,1-8H3;3-4H,1-2H3/b;4-3-. The van der Waals surface area contributed by atoms with E-state index in [0.29, 0.717) is 23.9 Å². The average Bonchev–Trinajstić information content (AvgIpc) is 3.11. The summed E-state index contributed by atoms with van der Waals surface area (Å²) in [7, 11) is 0. The molecule has 0 heterocycles. The molecule has 31 heavy (non-hydrogen) atoms. The van der Waals surface area contributed by atoms with Crippen LogP contribution in [0.5, 0.6) is 5.75 Å². The summed E-state index contributed by atoms with van der Waals surface area (Å²) in [6.07, 6.45) is 9.40. The Labute approximate surface area is 193 Å². The molecule has 1 aromatic carbocycles. The van der Waals surface area contributed by atoms with Gasteiger partial charge in [-0.25, -0.2) is 0 Å². The second-order valence-electron chi connectivity index (χ2n) is 11.1. The maximum atomic E-state index is 6.22. The molecule has 0 amide bonds. The molecule has 0 aromatic heterocycles. The van der Waals surface area contributed by atoms with Crippen LogP contribution in [0, 0.1) is 16.7 Å². The van der Waals surface area contributed by atoms with Crippen molar-refractivity contribution >= 4 is 0 Å². The van der Waals surface area contributed by atoms with Crippen molar-refractivity contribution in [1.82, 2.24) is 0 Å². The highest BCUT2D eigenvalue weighted by Gasteiger charge is 2.30. The topological polar surface area (TPSA) is 18.5 Å². The van der Waals surface area contributed by atoms with Crippen LogP contribution < -0.4 is 4.74 Å². The third kappa shape index (κ3) is 10.1. The van der Waals surface area contributed by atoms with Gasteiger partial charge in [-0.3, -0.25) is 0 Å². The fourth-order valence-electron chi connectivity index (χ4n) is 3.92. The Morgan fingerprint density at radius 2 is 1.58 bits per heavy atom. The minimum atomic E-state index is -0.251. The Bertz CT molecular complexity index is 679. The first kappa shape index (κ1) is 27.5. The molecule has 0 bridgehead atoms. The van der Waals surface area contributed by atoms with E-state index in [2.05, 4.69) is 78.8 Å². The van der Waals surface area contributed by atoms with Crippen molar-refractivity contribution in [2.24, 2.45) is 16.7 Å². The van der Waals surface area contributed by atoms with E-state index < -0.39 is 0 Å². The van der Waals surface area contributed by atoms with E-state index in [4.69, 9.17) is 9.47 Å². The highest BCUT2D eigenvalue weighted by Crippen LogP contribution is 2.43. The van der Waals surface area contributed by atoms with Crippen LogP contribution in [-0.2, 0) is 4.74 Å². The normalized spacial score (nSPS) is 18.9. The molecule has 0 aliphatic heterocycles. The van der Waals surface area contributed by atoms with Gasteiger partial charge >= 0.3 is 0 Å². The molecule has 2 rings (SSSR count). The van der Waals surface area contributed by atoms with Crippen LogP contribution in [0.15, 0.2) is 48.1 Å². The maximum Gasteiger partial charge on any atom is 0.222 e. The summed E-state index contributed by atoms with van der Waals surface area (Å²) in [5, 5.41) is 0. The molecule has 176 valence electrons. The van der Waals surface area contributed by atoms with E-state index >= 15 is 0 Å². The molecular weight excluding hydrogens is 380 g/mol. The van der Waals surface area contributed by atoms with Crippen LogP contribution in [0.2, 0.25) is 0 Å². The Morgan fingerprint density at radius 1 is 1.00 bits per heavy atom. The Morgan fingerprint density at radius 3 is 1.97 bits per heavy atom. The fourth-order valence-corrected chi connectivity index (χ4v) is 3.92. The maximum absolute atomic E-state index is 6.22. The molecule has 0 fully saturated rings. The largest absolute Gasteiger partial charge is 0.461 e. The van der Waals surface area contributed by atoms with Crippen LogP contribution in [0.4, 0.5) is 0 Å². The lowest BCUT2D eigenvalue weighted by atomic mass is 9.69. The second kappa shape index (κ2) is 12.5. The van der Waals surface area contributed by atoms with E-state index in [1.165, 1.54) is 17.6 Å². The molecule has 2 heteroatoms. The number of ether oxygens (including phenoxy) is 2. The Hall–Kier alpha value is -1.54. The molecule has 1 aromatic rings. The molecular formula is C29H48O2. The van der Waals surface area contributed by atoms with Gasteiger partial charge in [-0.15, -0.1) is 0 Å².